The summed E-state index contributed by atoms with van der Waals surface area (Å²) in [4.78, 5) is 9.40. The number of aromatic nitrogens is 1. The molecule has 0 aliphatic carbocycles. The van der Waals surface area contributed by atoms with Crippen molar-refractivity contribution in [2.45, 2.75) is 25.4 Å². The monoisotopic (exact) mass is 247 g/mol. The van der Waals surface area contributed by atoms with Gasteiger partial charge in [0, 0.05) is 44.0 Å². The SMILES string of the molecule is NNc1ncccc1CN1CCN2CCCC2C1. The molecule has 18 heavy (non-hydrogen) atoms. The van der Waals surface area contributed by atoms with E-state index in [1.807, 2.05) is 6.07 Å². The van der Waals surface area contributed by atoms with E-state index in [1.54, 1.807) is 6.20 Å². The van der Waals surface area contributed by atoms with Gasteiger partial charge in [-0.2, -0.15) is 0 Å². The normalized spacial score (nSPS) is 25.1. The van der Waals surface area contributed by atoms with E-state index in [-0.39, 0.29) is 0 Å². The summed E-state index contributed by atoms with van der Waals surface area (Å²) in [5, 5.41) is 0. The fourth-order valence-electron chi connectivity index (χ4n) is 3.14. The van der Waals surface area contributed by atoms with E-state index >= 15 is 0 Å². The van der Waals surface area contributed by atoms with E-state index in [0.29, 0.717) is 0 Å². The first-order valence-corrected chi connectivity index (χ1v) is 6.74. The highest BCUT2D eigenvalue weighted by molar-refractivity contribution is 5.42. The first-order chi connectivity index (χ1) is 8.86. The van der Waals surface area contributed by atoms with Gasteiger partial charge in [0.15, 0.2) is 0 Å². The number of nitrogens with two attached hydrogens (primary N) is 1. The van der Waals surface area contributed by atoms with Gasteiger partial charge in [-0.05, 0) is 25.5 Å². The Morgan fingerprint density at radius 2 is 2.33 bits per heavy atom. The summed E-state index contributed by atoms with van der Waals surface area (Å²) in [6.07, 6.45) is 4.49. The lowest BCUT2D eigenvalue weighted by molar-refractivity contribution is 0.0994. The molecule has 2 saturated heterocycles. The molecule has 3 N–H and O–H groups in total. The van der Waals surface area contributed by atoms with Crippen molar-refractivity contribution in [1.82, 2.24) is 14.8 Å². The minimum absolute atomic E-state index is 0.768. The van der Waals surface area contributed by atoms with E-state index < -0.39 is 0 Å². The van der Waals surface area contributed by atoms with Crippen molar-refractivity contribution in [1.29, 1.82) is 0 Å². The van der Waals surface area contributed by atoms with Gasteiger partial charge in [-0.3, -0.25) is 9.80 Å². The summed E-state index contributed by atoms with van der Waals surface area (Å²) in [5.74, 6) is 6.30. The molecular formula is C13H21N5. The Morgan fingerprint density at radius 1 is 1.39 bits per heavy atom. The third kappa shape index (κ3) is 2.34. The summed E-state index contributed by atoms with van der Waals surface area (Å²) in [6.45, 7) is 5.77. The molecule has 1 aromatic rings. The van der Waals surface area contributed by atoms with Crippen LogP contribution in [0.3, 0.4) is 0 Å². The van der Waals surface area contributed by atoms with E-state index in [1.165, 1.54) is 38.0 Å². The maximum Gasteiger partial charge on any atom is 0.144 e. The van der Waals surface area contributed by atoms with Crippen molar-refractivity contribution in [3.63, 3.8) is 0 Å². The smallest absolute Gasteiger partial charge is 0.144 e. The van der Waals surface area contributed by atoms with Gasteiger partial charge in [0.05, 0.1) is 0 Å². The van der Waals surface area contributed by atoms with Crippen molar-refractivity contribution in [3.8, 4) is 0 Å². The topological polar surface area (TPSA) is 57.4 Å². The minimum Gasteiger partial charge on any atom is -0.308 e. The molecule has 1 aromatic heterocycles. The molecule has 0 amide bonds. The zero-order valence-corrected chi connectivity index (χ0v) is 10.7. The lowest BCUT2D eigenvalue weighted by Gasteiger charge is -2.37. The van der Waals surface area contributed by atoms with Gasteiger partial charge in [0.2, 0.25) is 0 Å². The maximum absolute atomic E-state index is 5.50. The van der Waals surface area contributed by atoms with Crippen LogP contribution in [0.25, 0.3) is 0 Å². The molecule has 0 spiro atoms. The molecule has 1 unspecified atom stereocenters. The van der Waals surface area contributed by atoms with Crippen molar-refractivity contribution in [2.24, 2.45) is 5.84 Å². The largest absolute Gasteiger partial charge is 0.308 e. The van der Waals surface area contributed by atoms with Crippen LogP contribution in [0, 0.1) is 0 Å². The molecule has 0 saturated carbocycles. The highest BCUT2D eigenvalue weighted by Gasteiger charge is 2.30. The Bertz CT molecular complexity index is 408. The highest BCUT2D eigenvalue weighted by Crippen LogP contribution is 2.23. The van der Waals surface area contributed by atoms with E-state index in [4.69, 9.17) is 5.84 Å². The molecule has 2 aliphatic rings. The van der Waals surface area contributed by atoms with Gasteiger partial charge < -0.3 is 5.43 Å². The van der Waals surface area contributed by atoms with E-state index in [9.17, 15) is 0 Å². The average molecular weight is 247 g/mol. The highest BCUT2D eigenvalue weighted by atomic mass is 15.3. The Kier molecular flexibility index (Phi) is 3.45. The molecule has 2 fully saturated rings. The Labute approximate surface area is 108 Å². The summed E-state index contributed by atoms with van der Waals surface area (Å²) in [7, 11) is 0. The first-order valence-electron chi connectivity index (χ1n) is 6.74. The lowest BCUT2D eigenvalue weighted by Crippen LogP contribution is -2.49. The summed E-state index contributed by atoms with van der Waals surface area (Å²) < 4.78 is 0. The molecule has 0 aromatic carbocycles. The third-order valence-corrected chi connectivity index (χ3v) is 4.09. The average Bonchev–Trinajstić information content (AvgIpc) is 2.87. The molecule has 2 aliphatic heterocycles. The predicted molar refractivity (Wildman–Crippen MR) is 71.9 cm³/mol. The van der Waals surface area contributed by atoms with Gasteiger partial charge >= 0.3 is 0 Å². The standard InChI is InChI=1S/C13H21N5/c14-16-13-11(3-1-5-15-13)9-17-7-8-18-6-2-4-12(18)10-17/h1,3,5,12H,2,4,6-10,14H2,(H,15,16). The second-order valence-corrected chi connectivity index (χ2v) is 5.22. The maximum atomic E-state index is 5.50. The number of nitrogens with zero attached hydrogens (tertiary/aromatic N) is 3. The Hall–Kier alpha value is -1.17. The first kappa shape index (κ1) is 11.9. The number of fused-ring (bicyclic) bond motifs is 1. The molecule has 5 heteroatoms. The van der Waals surface area contributed by atoms with Gasteiger partial charge in [-0.15, -0.1) is 0 Å². The van der Waals surface area contributed by atoms with E-state index in [0.717, 1.165) is 24.9 Å². The summed E-state index contributed by atoms with van der Waals surface area (Å²) >= 11 is 0. The molecule has 1 atom stereocenters. The van der Waals surface area contributed by atoms with Crippen LogP contribution in [-0.4, -0.2) is 47.0 Å². The second-order valence-electron chi connectivity index (χ2n) is 5.22. The minimum atomic E-state index is 0.768. The van der Waals surface area contributed by atoms with Crippen LogP contribution < -0.4 is 11.3 Å². The fraction of sp³-hybridized carbons (Fsp3) is 0.615. The zero-order valence-electron chi connectivity index (χ0n) is 10.7. The lowest BCUT2D eigenvalue weighted by atomic mass is 10.1. The van der Waals surface area contributed by atoms with Crippen LogP contribution in [0.4, 0.5) is 5.82 Å². The van der Waals surface area contributed by atoms with Crippen LogP contribution >= 0.6 is 0 Å². The molecule has 0 radical (unpaired) electrons. The molecular weight excluding hydrogens is 226 g/mol. The fourth-order valence-corrected chi connectivity index (χ4v) is 3.14. The van der Waals surface area contributed by atoms with Crippen LogP contribution in [0.15, 0.2) is 18.3 Å². The van der Waals surface area contributed by atoms with Crippen molar-refractivity contribution in [2.75, 3.05) is 31.6 Å². The zero-order chi connectivity index (χ0) is 12.4. The Balaban J connectivity index is 1.66. The van der Waals surface area contributed by atoms with Gasteiger partial charge in [0.25, 0.3) is 0 Å². The van der Waals surface area contributed by atoms with Crippen molar-refractivity contribution < 1.29 is 0 Å². The molecule has 5 nitrogen and oxygen atoms in total. The Morgan fingerprint density at radius 3 is 3.22 bits per heavy atom. The number of rotatable bonds is 3. The molecule has 3 rings (SSSR count). The van der Waals surface area contributed by atoms with Crippen molar-refractivity contribution >= 4 is 5.82 Å². The van der Waals surface area contributed by atoms with Crippen LogP contribution in [0.5, 0.6) is 0 Å². The number of hydrogen-bond acceptors (Lipinski definition) is 5. The summed E-state index contributed by atoms with van der Waals surface area (Å²) in [6, 6.07) is 4.84. The number of piperazine rings is 1. The quantitative estimate of drug-likeness (QED) is 0.606. The van der Waals surface area contributed by atoms with Gasteiger partial charge in [-0.25, -0.2) is 10.8 Å². The van der Waals surface area contributed by atoms with Gasteiger partial charge in [0.1, 0.15) is 5.82 Å². The summed E-state index contributed by atoms with van der Waals surface area (Å²) in [5.41, 5.74) is 3.87. The van der Waals surface area contributed by atoms with Crippen LogP contribution in [0.1, 0.15) is 18.4 Å². The van der Waals surface area contributed by atoms with Crippen LogP contribution in [-0.2, 0) is 6.54 Å². The third-order valence-electron chi connectivity index (χ3n) is 4.09. The predicted octanol–water partition coefficient (Wildman–Crippen LogP) is 0.647. The molecule has 3 heterocycles. The van der Waals surface area contributed by atoms with E-state index in [2.05, 4.69) is 26.3 Å². The van der Waals surface area contributed by atoms with Crippen molar-refractivity contribution in [3.05, 3.63) is 23.9 Å². The molecule has 0 bridgehead atoms. The van der Waals surface area contributed by atoms with Gasteiger partial charge in [-0.1, -0.05) is 6.07 Å². The number of pyridine rings is 1. The number of hydrogen-bond donors (Lipinski definition) is 2. The van der Waals surface area contributed by atoms with Crippen LogP contribution in [0.2, 0.25) is 0 Å². The number of hydrazine groups is 1. The number of nitrogens with one attached hydrogen (secondary N) is 1. The second kappa shape index (κ2) is 5.22. The number of nitrogen functional groups attached to an aromatic ring is 1. The number of anilines is 1. The molecule has 98 valence electrons.